The molecule has 1 aliphatic rings. The normalized spacial score (nSPS) is 20.6. The van der Waals surface area contributed by atoms with Gasteiger partial charge in [0.25, 0.3) is 0 Å². The van der Waals surface area contributed by atoms with Crippen molar-refractivity contribution in [2.24, 2.45) is 0 Å². The topological polar surface area (TPSA) is 72.9 Å². The fraction of sp³-hybridized carbons (Fsp3) is 0.438. The Morgan fingerprint density at radius 2 is 1.77 bits per heavy atom. The van der Waals surface area contributed by atoms with E-state index in [0.717, 1.165) is 4.90 Å². The standard InChI is InChI=1S/C16H19NO5/c1-15(2,3)22-14(20)17-11-9-7-6-8-10(11)12(18)16(17,4)13(19)21-5/h6-9H,1-5H3. The Morgan fingerprint density at radius 1 is 1.18 bits per heavy atom. The molecule has 1 aromatic carbocycles. The van der Waals surface area contributed by atoms with E-state index in [-0.39, 0.29) is 0 Å². The predicted octanol–water partition coefficient (Wildman–Crippen LogP) is 2.56. The number of benzene rings is 1. The number of ketones is 1. The van der Waals surface area contributed by atoms with Crippen LogP contribution in [0.3, 0.4) is 0 Å². The smallest absolute Gasteiger partial charge is 0.416 e. The summed E-state index contributed by atoms with van der Waals surface area (Å²) in [5.74, 6) is -1.29. The number of Topliss-reactive ketones (excluding diaryl/α,β-unsaturated/α-hetero) is 1. The molecule has 22 heavy (non-hydrogen) atoms. The Kier molecular flexibility index (Phi) is 3.73. The van der Waals surface area contributed by atoms with Crippen molar-refractivity contribution in [3.63, 3.8) is 0 Å². The third-order valence-electron chi connectivity index (χ3n) is 3.44. The number of methoxy groups -OCH3 is 1. The monoisotopic (exact) mass is 305 g/mol. The summed E-state index contributed by atoms with van der Waals surface area (Å²) in [4.78, 5) is 38.5. The highest BCUT2D eigenvalue weighted by Crippen LogP contribution is 2.40. The zero-order valence-electron chi connectivity index (χ0n) is 13.3. The molecule has 6 nitrogen and oxygen atoms in total. The quantitative estimate of drug-likeness (QED) is 0.589. The van der Waals surface area contributed by atoms with Gasteiger partial charge in [0.05, 0.1) is 12.8 Å². The van der Waals surface area contributed by atoms with E-state index in [2.05, 4.69) is 0 Å². The molecule has 1 amide bonds. The third kappa shape index (κ3) is 2.34. The number of amides is 1. The molecule has 6 heteroatoms. The molecule has 0 saturated carbocycles. The lowest BCUT2D eigenvalue weighted by molar-refractivity contribution is -0.144. The van der Waals surface area contributed by atoms with Crippen LogP contribution in [-0.2, 0) is 14.3 Å². The zero-order chi connectivity index (χ0) is 16.7. The lowest BCUT2D eigenvalue weighted by Gasteiger charge is -2.33. The number of carbonyl (C=O) groups is 3. The van der Waals surface area contributed by atoms with Crippen molar-refractivity contribution in [2.75, 3.05) is 12.0 Å². The van der Waals surface area contributed by atoms with Crippen molar-refractivity contribution < 1.29 is 23.9 Å². The van der Waals surface area contributed by atoms with E-state index in [1.807, 2.05) is 0 Å². The number of fused-ring (bicyclic) bond motifs is 1. The van der Waals surface area contributed by atoms with Crippen molar-refractivity contribution in [3.05, 3.63) is 29.8 Å². The second kappa shape index (κ2) is 5.12. The SMILES string of the molecule is COC(=O)C1(C)C(=O)c2ccccc2N1C(=O)OC(C)(C)C. The number of hydrogen-bond acceptors (Lipinski definition) is 5. The van der Waals surface area contributed by atoms with Crippen LogP contribution in [0.5, 0.6) is 0 Å². The number of carbonyl (C=O) groups excluding carboxylic acids is 3. The molecule has 0 saturated heterocycles. The first kappa shape index (κ1) is 16.0. The number of nitrogens with zero attached hydrogens (tertiary/aromatic N) is 1. The highest BCUT2D eigenvalue weighted by atomic mass is 16.6. The molecule has 2 rings (SSSR count). The molecular formula is C16H19NO5. The highest BCUT2D eigenvalue weighted by molar-refractivity contribution is 6.28. The van der Waals surface area contributed by atoms with E-state index >= 15 is 0 Å². The molecule has 0 aliphatic carbocycles. The zero-order valence-corrected chi connectivity index (χ0v) is 13.3. The Balaban J connectivity index is 2.57. The molecule has 0 aromatic heterocycles. The maximum Gasteiger partial charge on any atom is 0.416 e. The number of ether oxygens (including phenoxy) is 2. The van der Waals surface area contributed by atoms with Crippen molar-refractivity contribution in [3.8, 4) is 0 Å². The highest BCUT2D eigenvalue weighted by Gasteiger charge is 2.57. The van der Waals surface area contributed by atoms with Crippen LogP contribution >= 0.6 is 0 Å². The fourth-order valence-corrected chi connectivity index (χ4v) is 2.44. The van der Waals surface area contributed by atoms with Crippen LogP contribution in [0.15, 0.2) is 24.3 Å². The van der Waals surface area contributed by atoms with Gasteiger partial charge in [0.2, 0.25) is 11.3 Å². The molecule has 1 aliphatic heterocycles. The first-order chi connectivity index (χ1) is 10.1. The third-order valence-corrected chi connectivity index (χ3v) is 3.44. The van der Waals surface area contributed by atoms with Gasteiger partial charge < -0.3 is 9.47 Å². The van der Waals surface area contributed by atoms with Gasteiger partial charge in [-0.3, -0.25) is 9.69 Å². The van der Waals surface area contributed by atoms with E-state index < -0.39 is 29.0 Å². The molecule has 0 spiro atoms. The van der Waals surface area contributed by atoms with Gasteiger partial charge >= 0.3 is 12.1 Å². The van der Waals surface area contributed by atoms with Gasteiger partial charge in [-0.2, -0.15) is 0 Å². The first-order valence-corrected chi connectivity index (χ1v) is 6.88. The largest absolute Gasteiger partial charge is 0.467 e. The molecular weight excluding hydrogens is 286 g/mol. The summed E-state index contributed by atoms with van der Waals surface area (Å²) in [6.45, 7) is 6.50. The van der Waals surface area contributed by atoms with Gasteiger partial charge in [0, 0.05) is 5.56 Å². The Hall–Kier alpha value is -2.37. The van der Waals surface area contributed by atoms with Crippen molar-refractivity contribution in [1.82, 2.24) is 0 Å². The lowest BCUT2D eigenvalue weighted by atomic mass is 9.95. The van der Waals surface area contributed by atoms with Crippen LogP contribution in [0.4, 0.5) is 10.5 Å². The van der Waals surface area contributed by atoms with Crippen LogP contribution in [0.25, 0.3) is 0 Å². The predicted molar refractivity (Wildman–Crippen MR) is 79.9 cm³/mol. The van der Waals surface area contributed by atoms with Gasteiger partial charge in [-0.15, -0.1) is 0 Å². The van der Waals surface area contributed by atoms with E-state index in [1.165, 1.54) is 14.0 Å². The Morgan fingerprint density at radius 3 is 2.32 bits per heavy atom. The average molecular weight is 305 g/mol. The van der Waals surface area contributed by atoms with Gasteiger partial charge in [0.15, 0.2) is 0 Å². The number of rotatable bonds is 1. The number of esters is 1. The summed E-state index contributed by atoms with van der Waals surface area (Å²) < 4.78 is 10.1. The summed E-state index contributed by atoms with van der Waals surface area (Å²) in [5.41, 5.74) is -1.88. The molecule has 0 bridgehead atoms. The average Bonchev–Trinajstić information content (AvgIpc) is 2.66. The van der Waals surface area contributed by atoms with Gasteiger partial charge in [-0.1, -0.05) is 12.1 Å². The lowest BCUT2D eigenvalue weighted by Crippen LogP contribution is -2.58. The van der Waals surface area contributed by atoms with Crippen LogP contribution in [0, 0.1) is 0 Å². The van der Waals surface area contributed by atoms with Crippen LogP contribution in [-0.4, -0.2) is 36.1 Å². The second-order valence-corrected chi connectivity index (χ2v) is 6.23. The molecule has 0 fully saturated rings. The maximum absolute atomic E-state index is 12.6. The van der Waals surface area contributed by atoms with Crippen LogP contribution < -0.4 is 4.90 Å². The van der Waals surface area contributed by atoms with Crippen LogP contribution in [0.2, 0.25) is 0 Å². The molecule has 1 heterocycles. The molecule has 0 radical (unpaired) electrons. The van der Waals surface area contributed by atoms with Crippen molar-refractivity contribution in [1.29, 1.82) is 0 Å². The fourth-order valence-electron chi connectivity index (χ4n) is 2.44. The summed E-state index contributed by atoms with van der Waals surface area (Å²) in [7, 11) is 1.18. The first-order valence-electron chi connectivity index (χ1n) is 6.88. The molecule has 1 unspecified atom stereocenters. The van der Waals surface area contributed by atoms with E-state index in [1.54, 1.807) is 45.0 Å². The summed E-state index contributed by atoms with van der Waals surface area (Å²) in [6, 6.07) is 6.54. The molecule has 1 aromatic rings. The number of anilines is 1. The Bertz CT molecular complexity index is 646. The number of hydrogen-bond donors (Lipinski definition) is 0. The summed E-state index contributed by atoms with van der Waals surface area (Å²) in [6.07, 6.45) is -0.765. The Labute approximate surface area is 129 Å². The summed E-state index contributed by atoms with van der Waals surface area (Å²) >= 11 is 0. The van der Waals surface area contributed by atoms with Crippen molar-refractivity contribution in [2.45, 2.75) is 38.8 Å². The van der Waals surface area contributed by atoms with Gasteiger partial charge in [0.1, 0.15) is 5.60 Å². The maximum atomic E-state index is 12.6. The van der Waals surface area contributed by atoms with E-state index in [0.29, 0.717) is 11.3 Å². The minimum atomic E-state index is -1.76. The number of para-hydroxylation sites is 1. The second-order valence-electron chi connectivity index (χ2n) is 6.23. The molecule has 1 atom stereocenters. The van der Waals surface area contributed by atoms with E-state index in [4.69, 9.17) is 9.47 Å². The minimum absolute atomic E-state index is 0.293. The van der Waals surface area contributed by atoms with Crippen LogP contribution in [0.1, 0.15) is 38.1 Å². The molecule has 0 N–H and O–H groups in total. The van der Waals surface area contributed by atoms with E-state index in [9.17, 15) is 14.4 Å². The molecule has 118 valence electrons. The minimum Gasteiger partial charge on any atom is -0.467 e. The van der Waals surface area contributed by atoms with Gasteiger partial charge in [-0.25, -0.2) is 9.59 Å². The summed E-state index contributed by atoms with van der Waals surface area (Å²) in [5, 5.41) is 0. The van der Waals surface area contributed by atoms with Crippen molar-refractivity contribution >= 4 is 23.5 Å². The van der Waals surface area contributed by atoms with Gasteiger partial charge in [-0.05, 0) is 39.8 Å².